The standard InChI is InChI=1S/C29H55NO3/c1-3-5-7-9-11-13-14-15-17-19-21-23-25-29(33)30-27(26-31)28(32)24-22-20-18-16-12-10-8-6-4-2/h18,20,22,24,27-28,31-32H,3-17,19,21,23,25-26H2,1-2H3,(H,30,33)/b20-18+,24-22+/t27-,28+/m0/s1. The number of aliphatic hydroxyl groups excluding tert-OH is 2. The van der Waals surface area contributed by atoms with Gasteiger partial charge in [-0.3, -0.25) is 4.79 Å². The lowest BCUT2D eigenvalue weighted by atomic mass is 10.0. The van der Waals surface area contributed by atoms with Gasteiger partial charge in [-0.15, -0.1) is 0 Å². The lowest BCUT2D eigenvalue weighted by Crippen LogP contribution is -2.45. The Kier molecular flexibility index (Phi) is 24.6. The minimum absolute atomic E-state index is 0.0869. The molecule has 0 aromatic carbocycles. The maximum atomic E-state index is 12.2. The van der Waals surface area contributed by atoms with Crippen LogP contribution in [0.3, 0.4) is 0 Å². The SMILES string of the molecule is CCCCCCC/C=C/C=C/[C@@H](O)[C@H](CO)NC(=O)CCCCCCCCCCCCCC. The van der Waals surface area contributed by atoms with Crippen LogP contribution in [0.4, 0.5) is 0 Å². The second kappa shape index (κ2) is 25.5. The Labute approximate surface area is 205 Å². The Morgan fingerprint density at radius 1 is 0.727 bits per heavy atom. The number of carbonyl (C=O) groups excluding carboxylic acids is 1. The van der Waals surface area contributed by atoms with Gasteiger partial charge in [-0.1, -0.05) is 134 Å². The number of nitrogens with one attached hydrogen (secondary N) is 1. The second-order valence-corrected chi connectivity index (χ2v) is 9.50. The smallest absolute Gasteiger partial charge is 0.220 e. The average molecular weight is 466 g/mol. The highest BCUT2D eigenvalue weighted by molar-refractivity contribution is 5.76. The largest absolute Gasteiger partial charge is 0.394 e. The fourth-order valence-corrected chi connectivity index (χ4v) is 4.00. The number of hydrogen-bond acceptors (Lipinski definition) is 3. The fourth-order valence-electron chi connectivity index (χ4n) is 4.00. The van der Waals surface area contributed by atoms with Crippen LogP contribution in [0.5, 0.6) is 0 Å². The molecule has 0 radical (unpaired) electrons. The van der Waals surface area contributed by atoms with E-state index in [4.69, 9.17) is 0 Å². The van der Waals surface area contributed by atoms with Crippen molar-refractivity contribution in [2.75, 3.05) is 6.61 Å². The highest BCUT2D eigenvalue weighted by Crippen LogP contribution is 2.12. The van der Waals surface area contributed by atoms with E-state index in [0.29, 0.717) is 6.42 Å². The van der Waals surface area contributed by atoms with E-state index in [-0.39, 0.29) is 12.5 Å². The van der Waals surface area contributed by atoms with Crippen molar-refractivity contribution in [2.45, 2.75) is 148 Å². The molecule has 0 aliphatic carbocycles. The number of carbonyl (C=O) groups is 1. The molecule has 4 heteroatoms. The molecule has 0 bridgehead atoms. The van der Waals surface area contributed by atoms with Gasteiger partial charge in [-0.2, -0.15) is 0 Å². The Morgan fingerprint density at radius 3 is 1.73 bits per heavy atom. The van der Waals surface area contributed by atoms with Crippen LogP contribution in [0.1, 0.15) is 136 Å². The monoisotopic (exact) mass is 465 g/mol. The molecule has 3 N–H and O–H groups in total. The van der Waals surface area contributed by atoms with Crippen LogP contribution in [0.2, 0.25) is 0 Å². The molecular formula is C29H55NO3. The van der Waals surface area contributed by atoms with Crippen molar-refractivity contribution in [1.29, 1.82) is 0 Å². The summed E-state index contributed by atoms with van der Waals surface area (Å²) in [6, 6.07) is -0.645. The highest BCUT2D eigenvalue weighted by atomic mass is 16.3. The molecule has 0 heterocycles. The summed E-state index contributed by atoms with van der Waals surface area (Å²) >= 11 is 0. The first-order chi connectivity index (χ1) is 16.2. The zero-order chi connectivity index (χ0) is 24.4. The van der Waals surface area contributed by atoms with Gasteiger partial charge in [0.1, 0.15) is 0 Å². The molecule has 0 unspecified atom stereocenters. The minimum Gasteiger partial charge on any atom is -0.394 e. The zero-order valence-electron chi connectivity index (χ0n) is 21.9. The molecule has 0 aromatic rings. The number of allylic oxidation sites excluding steroid dienone is 3. The number of amides is 1. The lowest BCUT2D eigenvalue weighted by Gasteiger charge is -2.19. The first-order valence-corrected chi connectivity index (χ1v) is 14.1. The number of unbranched alkanes of at least 4 members (excludes halogenated alkanes) is 16. The molecule has 194 valence electrons. The van der Waals surface area contributed by atoms with Crippen molar-refractivity contribution < 1.29 is 15.0 Å². The van der Waals surface area contributed by atoms with E-state index in [1.165, 1.54) is 96.3 Å². The van der Waals surface area contributed by atoms with Crippen molar-refractivity contribution in [3.05, 3.63) is 24.3 Å². The summed E-state index contributed by atoms with van der Waals surface area (Å²) in [5.41, 5.74) is 0. The quantitative estimate of drug-likeness (QED) is 0.103. The molecular weight excluding hydrogens is 410 g/mol. The van der Waals surface area contributed by atoms with Gasteiger partial charge in [0.25, 0.3) is 0 Å². The molecule has 4 nitrogen and oxygen atoms in total. The van der Waals surface area contributed by atoms with Gasteiger partial charge in [-0.05, 0) is 19.3 Å². The lowest BCUT2D eigenvalue weighted by molar-refractivity contribution is -0.123. The number of rotatable bonds is 24. The summed E-state index contributed by atoms with van der Waals surface area (Å²) in [6.07, 6.45) is 29.7. The first-order valence-electron chi connectivity index (χ1n) is 14.1. The molecule has 2 atom stereocenters. The van der Waals surface area contributed by atoms with Gasteiger partial charge in [0.05, 0.1) is 18.8 Å². The normalized spacial score (nSPS) is 13.7. The molecule has 0 saturated carbocycles. The van der Waals surface area contributed by atoms with E-state index in [0.717, 1.165) is 19.3 Å². The maximum absolute atomic E-state index is 12.2. The summed E-state index contributed by atoms with van der Waals surface area (Å²) in [5, 5.41) is 22.5. The Bertz CT molecular complexity index is 475. The van der Waals surface area contributed by atoms with Crippen molar-refractivity contribution in [2.24, 2.45) is 0 Å². The van der Waals surface area contributed by atoms with Gasteiger partial charge < -0.3 is 15.5 Å². The highest BCUT2D eigenvalue weighted by Gasteiger charge is 2.17. The summed E-state index contributed by atoms with van der Waals surface area (Å²) in [7, 11) is 0. The van der Waals surface area contributed by atoms with Crippen LogP contribution in [0, 0.1) is 0 Å². The summed E-state index contributed by atoms with van der Waals surface area (Å²) in [6.45, 7) is 4.21. The van der Waals surface area contributed by atoms with E-state index in [9.17, 15) is 15.0 Å². The Hall–Kier alpha value is -1.13. The van der Waals surface area contributed by atoms with Crippen molar-refractivity contribution in [3.8, 4) is 0 Å². The zero-order valence-corrected chi connectivity index (χ0v) is 21.9. The van der Waals surface area contributed by atoms with E-state index in [1.807, 2.05) is 6.08 Å². The molecule has 0 aromatic heterocycles. The van der Waals surface area contributed by atoms with Crippen LogP contribution in [0.25, 0.3) is 0 Å². The summed E-state index contributed by atoms with van der Waals surface area (Å²) < 4.78 is 0. The second-order valence-electron chi connectivity index (χ2n) is 9.50. The Morgan fingerprint density at radius 2 is 1.21 bits per heavy atom. The van der Waals surface area contributed by atoms with Crippen molar-refractivity contribution >= 4 is 5.91 Å². The van der Waals surface area contributed by atoms with E-state index in [1.54, 1.807) is 12.2 Å². The molecule has 0 fully saturated rings. The van der Waals surface area contributed by atoms with Crippen LogP contribution >= 0.6 is 0 Å². The van der Waals surface area contributed by atoms with E-state index >= 15 is 0 Å². The van der Waals surface area contributed by atoms with Crippen LogP contribution < -0.4 is 5.32 Å². The molecule has 33 heavy (non-hydrogen) atoms. The molecule has 0 aliphatic heterocycles. The average Bonchev–Trinajstić information content (AvgIpc) is 2.82. The third-order valence-electron chi connectivity index (χ3n) is 6.24. The van der Waals surface area contributed by atoms with Crippen LogP contribution in [0.15, 0.2) is 24.3 Å². The summed E-state index contributed by atoms with van der Waals surface area (Å²) in [4.78, 5) is 12.2. The van der Waals surface area contributed by atoms with Crippen molar-refractivity contribution in [1.82, 2.24) is 5.32 Å². The van der Waals surface area contributed by atoms with E-state index < -0.39 is 12.1 Å². The predicted molar refractivity (Wildman–Crippen MR) is 142 cm³/mol. The first kappa shape index (κ1) is 31.9. The van der Waals surface area contributed by atoms with Crippen LogP contribution in [-0.2, 0) is 4.79 Å². The minimum atomic E-state index is -0.880. The molecule has 1 amide bonds. The predicted octanol–water partition coefficient (Wildman–Crippen LogP) is 7.39. The van der Waals surface area contributed by atoms with Gasteiger partial charge in [-0.25, -0.2) is 0 Å². The van der Waals surface area contributed by atoms with Gasteiger partial charge >= 0.3 is 0 Å². The van der Waals surface area contributed by atoms with E-state index in [2.05, 4.69) is 25.2 Å². The van der Waals surface area contributed by atoms with Crippen molar-refractivity contribution in [3.63, 3.8) is 0 Å². The molecule has 0 saturated heterocycles. The Balaban J connectivity index is 3.75. The van der Waals surface area contributed by atoms with Gasteiger partial charge in [0.15, 0.2) is 0 Å². The molecule has 0 aliphatic rings. The van der Waals surface area contributed by atoms with Crippen LogP contribution in [-0.4, -0.2) is 34.9 Å². The molecule has 0 spiro atoms. The third kappa shape index (κ3) is 22.4. The molecule has 0 rings (SSSR count). The third-order valence-corrected chi connectivity index (χ3v) is 6.24. The fraction of sp³-hybridized carbons (Fsp3) is 0.828. The number of aliphatic hydroxyl groups is 2. The maximum Gasteiger partial charge on any atom is 0.220 e. The van der Waals surface area contributed by atoms with Gasteiger partial charge in [0, 0.05) is 6.42 Å². The van der Waals surface area contributed by atoms with Gasteiger partial charge in [0.2, 0.25) is 5.91 Å². The summed E-state index contributed by atoms with van der Waals surface area (Å²) in [5.74, 6) is -0.0869. The number of hydrogen-bond donors (Lipinski definition) is 3. The topological polar surface area (TPSA) is 69.6 Å².